The summed E-state index contributed by atoms with van der Waals surface area (Å²) in [5.41, 5.74) is 1.94. The summed E-state index contributed by atoms with van der Waals surface area (Å²) in [6, 6.07) is 5.52. The van der Waals surface area contributed by atoms with Gasteiger partial charge in [-0.25, -0.2) is 4.39 Å². The molecule has 0 spiro atoms. The molecule has 1 aromatic rings. The zero-order chi connectivity index (χ0) is 11.5. The summed E-state index contributed by atoms with van der Waals surface area (Å²) in [6.45, 7) is 8.08. The summed E-state index contributed by atoms with van der Waals surface area (Å²) < 4.78 is 13.7. The topological polar surface area (TPSA) is 15.3 Å². The van der Waals surface area contributed by atoms with E-state index in [1.165, 1.54) is 0 Å². The van der Waals surface area contributed by atoms with Gasteiger partial charge in [0, 0.05) is 37.8 Å². The van der Waals surface area contributed by atoms with Crippen LogP contribution in [-0.2, 0) is 0 Å². The fraction of sp³-hybridized carbons (Fsp3) is 0.538. The Hall–Kier alpha value is -0.640. The fourth-order valence-electron chi connectivity index (χ4n) is 2.25. The highest BCUT2D eigenvalue weighted by Crippen LogP contribution is 2.24. The minimum atomic E-state index is -0.0865. The van der Waals surface area contributed by atoms with Crippen LogP contribution in [0.1, 0.15) is 24.1 Å². The average Bonchev–Trinajstić information content (AvgIpc) is 2.32. The molecule has 1 aromatic carbocycles. The van der Waals surface area contributed by atoms with Gasteiger partial charge in [0.25, 0.3) is 0 Å². The Labute approximate surface area is 109 Å². The van der Waals surface area contributed by atoms with Crippen LogP contribution in [0.2, 0.25) is 0 Å². The molecule has 0 aromatic heterocycles. The second-order valence-electron chi connectivity index (χ2n) is 4.49. The van der Waals surface area contributed by atoms with Gasteiger partial charge in [-0.3, -0.25) is 4.90 Å². The van der Waals surface area contributed by atoms with Crippen molar-refractivity contribution in [3.63, 3.8) is 0 Å². The Morgan fingerprint density at radius 1 is 1.29 bits per heavy atom. The van der Waals surface area contributed by atoms with Crippen molar-refractivity contribution in [3.05, 3.63) is 35.1 Å². The zero-order valence-electron chi connectivity index (χ0n) is 10.4. The van der Waals surface area contributed by atoms with Gasteiger partial charge in [-0.1, -0.05) is 17.7 Å². The second-order valence-corrected chi connectivity index (χ2v) is 4.49. The van der Waals surface area contributed by atoms with E-state index in [-0.39, 0.29) is 24.3 Å². The quantitative estimate of drug-likeness (QED) is 0.877. The van der Waals surface area contributed by atoms with Crippen molar-refractivity contribution in [2.45, 2.75) is 19.9 Å². The molecule has 1 heterocycles. The summed E-state index contributed by atoms with van der Waals surface area (Å²) in [4.78, 5) is 2.33. The van der Waals surface area contributed by atoms with Crippen molar-refractivity contribution >= 4 is 12.4 Å². The first-order valence-corrected chi connectivity index (χ1v) is 5.89. The Morgan fingerprint density at radius 3 is 2.59 bits per heavy atom. The Morgan fingerprint density at radius 2 is 1.94 bits per heavy atom. The number of rotatable bonds is 2. The van der Waals surface area contributed by atoms with Crippen LogP contribution in [0.4, 0.5) is 4.39 Å². The number of aryl methyl sites for hydroxylation is 1. The molecule has 1 saturated heterocycles. The minimum Gasteiger partial charge on any atom is -0.314 e. The molecule has 1 aliphatic rings. The van der Waals surface area contributed by atoms with Gasteiger partial charge in [0.05, 0.1) is 0 Å². The molecule has 96 valence electrons. The highest BCUT2D eigenvalue weighted by Gasteiger charge is 2.20. The highest BCUT2D eigenvalue weighted by molar-refractivity contribution is 5.85. The lowest BCUT2D eigenvalue weighted by atomic mass is 10.0. The molecule has 1 fully saturated rings. The maximum absolute atomic E-state index is 13.7. The first-order chi connectivity index (χ1) is 7.68. The molecule has 0 bridgehead atoms. The Kier molecular flexibility index (Phi) is 5.37. The number of nitrogens with zero attached hydrogens (tertiary/aromatic N) is 1. The normalized spacial score (nSPS) is 18.5. The zero-order valence-corrected chi connectivity index (χ0v) is 11.2. The van der Waals surface area contributed by atoms with E-state index in [9.17, 15) is 4.39 Å². The van der Waals surface area contributed by atoms with E-state index in [0.717, 1.165) is 37.3 Å². The lowest BCUT2D eigenvalue weighted by Gasteiger charge is -2.33. The van der Waals surface area contributed by atoms with Crippen LogP contribution in [-0.4, -0.2) is 31.1 Å². The highest BCUT2D eigenvalue weighted by atomic mass is 35.5. The molecule has 0 aliphatic carbocycles. The van der Waals surface area contributed by atoms with Crippen LogP contribution in [0.25, 0.3) is 0 Å². The van der Waals surface area contributed by atoms with Crippen molar-refractivity contribution in [2.75, 3.05) is 26.2 Å². The van der Waals surface area contributed by atoms with E-state index in [4.69, 9.17) is 0 Å². The maximum Gasteiger partial charge on any atom is 0.127 e. The Bertz CT molecular complexity index is 364. The largest absolute Gasteiger partial charge is 0.314 e. The number of nitrogens with one attached hydrogen (secondary N) is 1. The standard InChI is InChI=1S/C13H19FN2.ClH/c1-10-3-4-13(14)12(9-10)11(2)16-7-5-15-6-8-16;/h3-4,9,11,15H,5-8H2,1-2H3;1H/t11-;/m1./s1. The van der Waals surface area contributed by atoms with E-state index >= 15 is 0 Å². The number of piperazine rings is 1. The summed E-state index contributed by atoms with van der Waals surface area (Å²) in [5.74, 6) is -0.0865. The second kappa shape index (κ2) is 6.34. The number of hydrogen-bond donors (Lipinski definition) is 1. The maximum atomic E-state index is 13.7. The van der Waals surface area contributed by atoms with E-state index in [1.54, 1.807) is 6.07 Å². The predicted molar refractivity (Wildman–Crippen MR) is 71.2 cm³/mol. The molecule has 2 nitrogen and oxygen atoms in total. The van der Waals surface area contributed by atoms with Crippen LogP contribution in [0.15, 0.2) is 18.2 Å². The van der Waals surface area contributed by atoms with Crippen LogP contribution in [0, 0.1) is 12.7 Å². The van der Waals surface area contributed by atoms with Crippen molar-refractivity contribution < 1.29 is 4.39 Å². The predicted octanol–water partition coefficient (Wildman–Crippen LogP) is 2.52. The summed E-state index contributed by atoms with van der Waals surface area (Å²) in [5, 5.41) is 3.31. The molecule has 17 heavy (non-hydrogen) atoms. The minimum absolute atomic E-state index is 0. The molecule has 1 N–H and O–H groups in total. The van der Waals surface area contributed by atoms with Gasteiger partial charge in [0.15, 0.2) is 0 Å². The van der Waals surface area contributed by atoms with Gasteiger partial charge < -0.3 is 5.32 Å². The first-order valence-electron chi connectivity index (χ1n) is 5.89. The summed E-state index contributed by atoms with van der Waals surface area (Å²) in [6.07, 6.45) is 0. The Balaban J connectivity index is 0.00000144. The molecule has 0 unspecified atom stereocenters. The van der Waals surface area contributed by atoms with Gasteiger partial charge in [-0.15, -0.1) is 12.4 Å². The molecule has 4 heteroatoms. The van der Waals surface area contributed by atoms with E-state index in [0.29, 0.717) is 0 Å². The molecule has 1 atom stereocenters. The van der Waals surface area contributed by atoms with Gasteiger partial charge in [0.2, 0.25) is 0 Å². The number of halogens is 2. The van der Waals surface area contributed by atoms with Crippen molar-refractivity contribution in [1.82, 2.24) is 10.2 Å². The fourth-order valence-corrected chi connectivity index (χ4v) is 2.25. The first kappa shape index (κ1) is 14.4. The molecule has 1 aliphatic heterocycles. The van der Waals surface area contributed by atoms with Gasteiger partial charge in [-0.05, 0) is 19.9 Å². The van der Waals surface area contributed by atoms with Gasteiger partial charge in [-0.2, -0.15) is 0 Å². The number of benzene rings is 1. The van der Waals surface area contributed by atoms with E-state index in [2.05, 4.69) is 17.1 Å². The van der Waals surface area contributed by atoms with Crippen LogP contribution in [0.3, 0.4) is 0 Å². The monoisotopic (exact) mass is 258 g/mol. The van der Waals surface area contributed by atoms with Crippen LogP contribution >= 0.6 is 12.4 Å². The molecule has 2 rings (SSSR count). The van der Waals surface area contributed by atoms with Crippen molar-refractivity contribution in [3.8, 4) is 0 Å². The molecular formula is C13H20ClFN2. The van der Waals surface area contributed by atoms with E-state index in [1.807, 2.05) is 19.1 Å². The summed E-state index contributed by atoms with van der Waals surface area (Å²) in [7, 11) is 0. The summed E-state index contributed by atoms with van der Waals surface area (Å²) >= 11 is 0. The lowest BCUT2D eigenvalue weighted by Crippen LogP contribution is -2.44. The van der Waals surface area contributed by atoms with Gasteiger partial charge in [0.1, 0.15) is 5.82 Å². The number of hydrogen-bond acceptors (Lipinski definition) is 2. The third-order valence-electron chi connectivity index (χ3n) is 3.30. The van der Waals surface area contributed by atoms with Crippen LogP contribution in [0.5, 0.6) is 0 Å². The lowest BCUT2D eigenvalue weighted by molar-refractivity contribution is 0.182. The van der Waals surface area contributed by atoms with E-state index < -0.39 is 0 Å². The van der Waals surface area contributed by atoms with Crippen molar-refractivity contribution in [1.29, 1.82) is 0 Å². The third kappa shape index (κ3) is 3.41. The SMILES string of the molecule is Cc1ccc(F)c([C@@H](C)N2CCNCC2)c1.Cl. The molecule has 0 amide bonds. The van der Waals surface area contributed by atoms with Crippen molar-refractivity contribution in [2.24, 2.45) is 0 Å². The molecule has 0 radical (unpaired) electrons. The third-order valence-corrected chi connectivity index (χ3v) is 3.30. The van der Waals surface area contributed by atoms with Gasteiger partial charge >= 0.3 is 0 Å². The molecule has 0 saturated carbocycles. The average molecular weight is 259 g/mol. The smallest absolute Gasteiger partial charge is 0.127 e. The molecular weight excluding hydrogens is 239 g/mol. The van der Waals surface area contributed by atoms with Crippen LogP contribution < -0.4 is 5.32 Å².